The Hall–Kier alpha value is -1.89. The second-order valence-corrected chi connectivity index (χ2v) is 5.61. The Bertz CT molecular complexity index is 523. The molecule has 2 aromatic carbocycles. The van der Waals surface area contributed by atoms with Crippen LogP contribution in [0.25, 0.3) is 11.1 Å². The molecule has 0 radical (unpaired) electrons. The first-order chi connectivity index (χ1) is 10.7. The SMILES string of the molecule is CC=O.CCCCCCc1ccc(-c2ccc(C)cc2)cc1. The number of carbonyl (C=O) groups excluding carboxylic acids is 1. The van der Waals surface area contributed by atoms with Crippen molar-refractivity contribution in [2.45, 2.75) is 52.9 Å². The zero-order valence-corrected chi connectivity index (χ0v) is 14.1. The third-order valence-corrected chi connectivity index (χ3v) is 3.66. The van der Waals surface area contributed by atoms with Gasteiger partial charge in [-0.2, -0.15) is 0 Å². The Labute approximate surface area is 135 Å². The van der Waals surface area contributed by atoms with Crippen LogP contribution in [0.3, 0.4) is 0 Å². The monoisotopic (exact) mass is 296 g/mol. The van der Waals surface area contributed by atoms with Crippen LogP contribution in [0.2, 0.25) is 0 Å². The summed E-state index contributed by atoms with van der Waals surface area (Å²) in [5, 5.41) is 0. The van der Waals surface area contributed by atoms with Gasteiger partial charge in [-0.05, 0) is 43.4 Å². The average Bonchev–Trinajstić information content (AvgIpc) is 2.54. The third kappa shape index (κ3) is 6.71. The average molecular weight is 296 g/mol. The van der Waals surface area contributed by atoms with Crippen molar-refractivity contribution in [1.29, 1.82) is 0 Å². The van der Waals surface area contributed by atoms with E-state index in [0.717, 1.165) is 6.29 Å². The molecule has 0 atom stereocenters. The van der Waals surface area contributed by atoms with Gasteiger partial charge in [0.1, 0.15) is 6.29 Å². The lowest BCUT2D eigenvalue weighted by atomic mass is 10.0. The minimum atomic E-state index is 0.750. The van der Waals surface area contributed by atoms with E-state index in [9.17, 15) is 0 Å². The Balaban J connectivity index is 0.000000745. The van der Waals surface area contributed by atoms with Crippen molar-refractivity contribution in [2.75, 3.05) is 0 Å². The molecule has 0 aliphatic carbocycles. The van der Waals surface area contributed by atoms with E-state index >= 15 is 0 Å². The maximum atomic E-state index is 8.81. The van der Waals surface area contributed by atoms with E-state index in [1.54, 1.807) is 0 Å². The highest BCUT2D eigenvalue weighted by Crippen LogP contribution is 2.21. The van der Waals surface area contributed by atoms with Crippen LogP contribution in [0.5, 0.6) is 0 Å². The van der Waals surface area contributed by atoms with Crippen molar-refractivity contribution in [2.24, 2.45) is 0 Å². The first-order valence-corrected chi connectivity index (χ1v) is 8.27. The van der Waals surface area contributed by atoms with Crippen LogP contribution in [0.1, 0.15) is 50.7 Å². The molecule has 0 aliphatic heterocycles. The predicted molar refractivity (Wildman–Crippen MR) is 96.2 cm³/mol. The summed E-state index contributed by atoms with van der Waals surface area (Å²) in [7, 11) is 0. The molecule has 0 bridgehead atoms. The highest BCUT2D eigenvalue weighted by atomic mass is 16.1. The lowest BCUT2D eigenvalue weighted by Gasteiger charge is -2.05. The van der Waals surface area contributed by atoms with Gasteiger partial charge in [0.25, 0.3) is 0 Å². The van der Waals surface area contributed by atoms with Gasteiger partial charge < -0.3 is 4.79 Å². The minimum absolute atomic E-state index is 0.750. The van der Waals surface area contributed by atoms with E-state index in [4.69, 9.17) is 4.79 Å². The molecule has 0 amide bonds. The molecule has 1 heteroatoms. The van der Waals surface area contributed by atoms with Gasteiger partial charge in [0.15, 0.2) is 0 Å². The van der Waals surface area contributed by atoms with Crippen LogP contribution in [-0.2, 0) is 11.2 Å². The smallest absolute Gasteiger partial charge is 0.116 e. The topological polar surface area (TPSA) is 17.1 Å². The molecule has 0 N–H and O–H groups in total. The van der Waals surface area contributed by atoms with E-state index in [2.05, 4.69) is 62.4 Å². The lowest BCUT2D eigenvalue weighted by Crippen LogP contribution is -1.86. The van der Waals surface area contributed by atoms with Gasteiger partial charge in [0.2, 0.25) is 0 Å². The van der Waals surface area contributed by atoms with Gasteiger partial charge in [0.05, 0.1) is 0 Å². The molecule has 1 nitrogen and oxygen atoms in total. The number of benzene rings is 2. The van der Waals surface area contributed by atoms with Gasteiger partial charge in [0, 0.05) is 0 Å². The van der Waals surface area contributed by atoms with Crippen molar-refractivity contribution < 1.29 is 4.79 Å². The Morgan fingerprint density at radius 3 is 1.82 bits per heavy atom. The normalized spacial score (nSPS) is 9.77. The van der Waals surface area contributed by atoms with Crippen LogP contribution in [0.4, 0.5) is 0 Å². The molecule has 0 unspecified atom stereocenters. The number of unbranched alkanes of at least 4 members (excludes halogenated alkanes) is 3. The maximum Gasteiger partial charge on any atom is 0.116 e. The standard InChI is InChI=1S/C19H24.C2H4O/c1-3-4-5-6-7-17-10-14-19(15-11-17)18-12-8-16(2)9-13-18;1-2-3/h8-15H,3-7H2,1-2H3;2H,1H3. The largest absolute Gasteiger partial charge is 0.304 e. The molecule has 0 aliphatic rings. The van der Waals surface area contributed by atoms with Gasteiger partial charge in [-0.3, -0.25) is 0 Å². The summed E-state index contributed by atoms with van der Waals surface area (Å²) >= 11 is 0. The predicted octanol–water partition coefficient (Wildman–Crippen LogP) is 5.99. The summed E-state index contributed by atoms with van der Waals surface area (Å²) in [5.74, 6) is 0. The van der Waals surface area contributed by atoms with Crippen molar-refractivity contribution >= 4 is 6.29 Å². The first-order valence-electron chi connectivity index (χ1n) is 8.27. The van der Waals surface area contributed by atoms with Crippen LogP contribution < -0.4 is 0 Å². The fraction of sp³-hybridized carbons (Fsp3) is 0.381. The summed E-state index contributed by atoms with van der Waals surface area (Å²) in [6.45, 7) is 5.83. The van der Waals surface area contributed by atoms with Crippen molar-refractivity contribution in [3.05, 3.63) is 59.7 Å². The molecule has 2 aromatic rings. The number of hydrogen-bond donors (Lipinski definition) is 0. The van der Waals surface area contributed by atoms with E-state index in [1.807, 2.05) is 0 Å². The van der Waals surface area contributed by atoms with Crippen molar-refractivity contribution in [1.82, 2.24) is 0 Å². The van der Waals surface area contributed by atoms with Gasteiger partial charge in [-0.15, -0.1) is 0 Å². The molecule has 0 fully saturated rings. The molecule has 0 saturated heterocycles. The summed E-state index contributed by atoms with van der Waals surface area (Å²) in [4.78, 5) is 8.81. The van der Waals surface area contributed by atoms with Gasteiger partial charge >= 0.3 is 0 Å². The number of hydrogen-bond acceptors (Lipinski definition) is 1. The number of carbonyl (C=O) groups is 1. The Morgan fingerprint density at radius 1 is 0.818 bits per heavy atom. The van der Waals surface area contributed by atoms with Crippen LogP contribution >= 0.6 is 0 Å². The number of aldehydes is 1. The molecule has 0 heterocycles. The van der Waals surface area contributed by atoms with E-state index in [0.29, 0.717) is 0 Å². The van der Waals surface area contributed by atoms with Crippen LogP contribution in [0.15, 0.2) is 48.5 Å². The second-order valence-electron chi connectivity index (χ2n) is 5.61. The zero-order chi connectivity index (χ0) is 16.2. The molecule has 2 rings (SSSR count). The summed E-state index contributed by atoms with van der Waals surface area (Å²) in [6.07, 6.45) is 7.32. The molecular weight excluding hydrogens is 268 g/mol. The molecule has 0 aromatic heterocycles. The number of rotatable bonds is 6. The quantitative estimate of drug-likeness (QED) is 0.472. The van der Waals surface area contributed by atoms with Crippen molar-refractivity contribution in [3.8, 4) is 11.1 Å². The lowest BCUT2D eigenvalue weighted by molar-refractivity contribution is -0.106. The Morgan fingerprint density at radius 2 is 1.32 bits per heavy atom. The summed E-state index contributed by atoms with van der Waals surface area (Å²) in [5.41, 5.74) is 5.41. The van der Waals surface area contributed by atoms with Gasteiger partial charge in [-0.1, -0.05) is 80.3 Å². The van der Waals surface area contributed by atoms with Crippen molar-refractivity contribution in [3.63, 3.8) is 0 Å². The Kier molecular flexibility index (Phi) is 8.90. The van der Waals surface area contributed by atoms with E-state index < -0.39 is 0 Å². The third-order valence-electron chi connectivity index (χ3n) is 3.66. The molecule has 118 valence electrons. The zero-order valence-electron chi connectivity index (χ0n) is 14.1. The van der Waals surface area contributed by atoms with Crippen LogP contribution in [-0.4, -0.2) is 6.29 Å². The second kappa shape index (κ2) is 10.8. The highest BCUT2D eigenvalue weighted by Gasteiger charge is 1.98. The fourth-order valence-corrected chi connectivity index (χ4v) is 2.37. The first kappa shape index (κ1) is 18.2. The highest BCUT2D eigenvalue weighted by molar-refractivity contribution is 5.63. The van der Waals surface area contributed by atoms with E-state index in [-0.39, 0.29) is 0 Å². The summed E-state index contributed by atoms with van der Waals surface area (Å²) in [6, 6.07) is 17.8. The number of aryl methyl sites for hydroxylation is 2. The molecule has 22 heavy (non-hydrogen) atoms. The molecule has 0 spiro atoms. The molecular formula is C21H28O. The molecule has 0 saturated carbocycles. The van der Waals surface area contributed by atoms with Crippen LogP contribution in [0, 0.1) is 6.92 Å². The maximum absolute atomic E-state index is 8.81. The van der Waals surface area contributed by atoms with E-state index in [1.165, 1.54) is 61.3 Å². The summed E-state index contributed by atoms with van der Waals surface area (Å²) < 4.78 is 0. The fourth-order valence-electron chi connectivity index (χ4n) is 2.37. The minimum Gasteiger partial charge on any atom is -0.304 e. The van der Waals surface area contributed by atoms with Gasteiger partial charge in [-0.25, -0.2) is 0 Å².